The van der Waals surface area contributed by atoms with Gasteiger partial charge in [-0.15, -0.1) is 0 Å². The number of carbonyl (C=O) groups excluding carboxylic acids is 3. The summed E-state index contributed by atoms with van der Waals surface area (Å²) in [5.74, 6) is -3.24. The normalized spacial score (nSPS) is 18.5. The van der Waals surface area contributed by atoms with E-state index in [4.69, 9.17) is 23.7 Å². The smallest absolute Gasteiger partial charge is 0.335 e. The number of aliphatic carboxylic acids is 1. The molecule has 0 aromatic heterocycles. The van der Waals surface area contributed by atoms with E-state index in [2.05, 4.69) is 99.8 Å². The number of esters is 3. The van der Waals surface area contributed by atoms with Gasteiger partial charge >= 0.3 is 23.9 Å². The predicted octanol–water partition coefficient (Wildman–Crippen LogP) is 16.5. The van der Waals surface area contributed by atoms with Gasteiger partial charge in [-0.3, -0.25) is 14.4 Å². The number of aliphatic hydroxyl groups excluding tert-OH is 2. The van der Waals surface area contributed by atoms with Gasteiger partial charge < -0.3 is 39.0 Å². The molecule has 12 nitrogen and oxygen atoms in total. The van der Waals surface area contributed by atoms with Crippen molar-refractivity contribution in [1.82, 2.24) is 0 Å². The molecule has 0 amide bonds. The Bertz CT molecular complexity index is 1740. The van der Waals surface area contributed by atoms with Gasteiger partial charge in [-0.1, -0.05) is 221 Å². The first-order valence-corrected chi connectivity index (χ1v) is 31.2. The Morgan fingerprint density at radius 3 is 1.27 bits per heavy atom. The summed E-state index contributed by atoms with van der Waals surface area (Å²) in [5, 5.41) is 31.5. The van der Waals surface area contributed by atoms with Crippen molar-refractivity contribution in [3.05, 3.63) is 97.2 Å². The fourth-order valence-corrected chi connectivity index (χ4v) is 8.85. The van der Waals surface area contributed by atoms with E-state index in [1.807, 2.05) is 18.2 Å². The molecular weight excluding hydrogens is 997 g/mol. The van der Waals surface area contributed by atoms with E-state index in [1.54, 1.807) is 0 Å². The second-order valence-electron chi connectivity index (χ2n) is 20.9. The lowest BCUT2D eigenvalue weighted by molar-refractivity contribution is -0.301. The zero-order valence-corrected chi connectivity index (χ0v) is 49.6. The summed E-state index contributed by atoms with van der Waals surface area (Å²) in [7, 11) is 0. The molecule has 6 atom stereocenters. The summed E-state index contributed by atoms with van der Waals surface area (Å²) in [6.45, 7) is 5.79. The Morgan fingerprint density at radius 1 is 0.430 bits per heavy atom. The zero-order chi connectivity index (χ0) is 57.5. The van der Waals surface area contributed by atoms with Gasteiger partial charge in [-0.2, -0.15) is 0 Å². The van der Waals surface area contributed by atoms with Crippen molar-refractivity contribution in [2.24, 2.45) is 0 Å². The third kappa shape index (κ3) is 44.0. The molecule has 1 rings (SSSR count). The molecule has 6 unspecified atom stereocenters. The minimum atomic E-state index is -1.93. The van der Waals surface area contributed by atoms with Crippen molar-refractivity contribution in [2.75, 3.05) is 13.2 Å². The van der Waals surface area contributed by atoms with E-state index in [9.17, 15) is 34.5 Å². The van der Waals surface area contributed by atoms with E-state index in [1.165, 1.54) is 77.0 Å². The van der Waals surface area contributed by atoms with Gasteiger partial charge in [0.05, 0.1) is 6.61 Å². The second kappa shape index (κ2) is 54.2. The van der Waals surface area contributed by atoms with Gasteiger partial charge in [0.1, 0.15) is 18.8 Å². The number of carboxylic acid groups (broad SMARTS) is 1. The molecule has 1 heterocycles. The highest BCUT2D eigenvalue weighted by atomic mass is 16.7. The highest BCUT2D eigenvalue weighted by Crippen LogP contribution is 2.26. The first-order valence-electron chi connectivity index (χ1n) is 31.2. The molecule has 0 aliphatic carbocycles. The van der Waals surface area contributed by atoms with E-state index < -0.39 is 67.3 Å². The van der Waals surface area contributed by atoms with Crippen LogP contribution in [-0.4, -0.2) is 89.2 Å². The molecular formula is C67H110O12. The van der Waals surface area contributed by atoms with Crippen LogP contribution in [-0.2, 0) is 42.9 Å². The summed E-state index contributed by atoms with van der Waals surface area (Å²) in [5.41, 5.74) is 0. The van der Waals surface area contributed by atoms with Crippen LogP contribution in [0.5, 0.6) is 0 Å². The lowest BCUT2D eigenvalue weighted by Crippen LogP contribution is -2.61. The lowest BCUT2D eigenvalue weighted by Gasteiger charge is -2.40. The van der Waals surface area contributed by atoms with Crippen LogP contribution < -0.4 is 0 Å². The standard InChI is InChI=1S/C67H110O12/c1-4-7-10-13-16-19-22-25-27-29-30-32-33-36-38-41-44-47-50-53-59(68)75-56-58(77-60(69)54-51-48-45-42-40-37-34-31-28-26-23-20-17-14-11-8-5-2)57-76-67-65(63(72)62(71)64(79-67)66(73)74)78-61(70)55-52-49-46-43-39-35-24-21-18-15-12-9-6-3/h9,12,16-21,25-28,35,39,46,49,58,62-65,67,71-72H,4-8,10-11,13-15,22-24,29-34,36-38,40-45,47-48,50-57H2,1-3H3,(H,73,74)/b12-9-,19-16-,20-17-,21-18-,27-25-,28-26-,39-35-,49-46-. The molecule has 0 bridgehead atoms. The van der Waals surface area contributed by atoms with Crippen molar-refractivity contribution in [1.29, 1.82) is 0 Å². The average Bonchev–Trinajstić information content (AvgIpc) is 3.46. The van der Waals surface area contributed by atoms with Crippen LogP contribution in [0.1, 0.15) is 252 Å². The van der Waals surface area contributed by atoms with E-state index in [-0.39, 0.29) is 25.9 Å². The number of rotatable bonds is 52. The molecule has 1 saturated heterocycles. The molecule has 0 spiro atoms. The maximum absolute atomic E-state index is 13.2. The van der Waals surface area contributed by atoms with Crippen molar-refractivity contribution in [2.45, 2.75) is 289 Å². The van der Waals surface area contributed by atoms with E-state index in [0.29, 0.717) is 25.7 Å². The molecule has 0 radical (unpaired) electrons. The van der Waals surface area contributed by atoms with Crippen LogP contribution in [0.2, 0.25) is 0 Å². The van der Waals surface area contributed by atoms with Crippen molar-refractivity contribution in [3.8, 4) is 0 Å². The van der Waals surface area contributed by atoms with Crippen molar-refractivity contribution in [3.63, 3.8) is 0 Å². The van der Waals surface area contributed by atoms with E-state index >= 15 is 0 Å². The Kier molecular flexibility index (Phi) is 49.9. The Hall–Kier alpha value is -4.36. The molecule has 0 aromatic carbocycles. The van der Waals surface area contributed by atoms with Gasteiger partial charge in [0, 0.05) is 19.3 Å². The number of allylic oxidation sites excluding steroid dienone is 16. The topological polar surface area (TPSA) is 175 Å². The molecule has 3 N–H and O–H groups in total. The fraction of sp³-hybridized carbons (Fsp3) is 0.701. The molecule has 1 aliphatic rings. The zero-order valence-electron chi connectivity index (χ0n) is 49.6. The molecule has 0 aromatic rings. The summed E-state index contributed by atoms with van der Waals surface area (Å²) in [4.78, 5) is 51.2. The Labute approximate surface area is 479 Å². The van der Waals surface area contributed by atoms with Crippen LogP contribution >= 0.6 is 0 Å². The van der Waals surface area contributed by atoms with Gasteiger partial charge in [0.15, 0.2) is 24.6 Å². The molecule has 12 heteroatoms. The SMILES string of the molecule is CC/C=C\C/C=C\C/C=C\C/C=C\CCC(=O)OC1C(OCC(COC(=O)CCCCCCCCCCC/C=C\C/C=C\CCCCC)OC(=O)CCCCCCCCC/C=C\C/C=C\CCCCC)OC(C(=O)O)C(O)C1O. The number of hydrogen-bond donors (Lipinski definition) is 3. The summed E-state index contributed by atoms with van der Waals surface area (Å²) in [6.07, 6.45) is 59.6. The van der Waals surface area contributed by atoms with Crippen LogP contribution in [0.25, 0.3) is 0 Å². The highest BCUT2D eigenvalue weighted by Gasteiger charge is 2.50. The molecule has 79 heavy (non-hydrogen) atoms. The van der Waals surface area contributed by atoms with Crippen molar-refractivity contribution >= 4 is 23.9 Å². The first-order chi connectivity index (χ1) is 38.6. The van der Waals surface area contributed by atoms with Crippen LogP contribution in [0.15, 0.2) is 97.2 Å². The maximum Gasteiger partial charge on any atom is 0.335 e. The minimum Gasteiger partial charge on any atom is -0.479 e. The largest absolute Gasteiger partial charge is 0.479 e. The molecule has 450 valence electrons. The van der Waals surface area contributed by atoms with E-state index in [0.717, 1.165) is 109 Å². The number of hydrogen-bond acceptors (Lipinski definition) is 11. The fourth-order valence-electron chi connectivity index (χ4n) is 8.85. The average molecular weight is 1110 g/mol. The summed E-state index contributed by atoms with van der Waals surface area (Å²) >= 11 is 0. The minimum absolute atomic E-state index is 0.0653. The third-order valence-electron chi connectivity index (χ3n) is 13.6. The number of carboxylic acids is 1. The number of unbranched alkanes of at least 4 members (excludes halogenated alkanes) is 22. The number of aliphatic hydroxyl groups is 2. The Balaban J connectivity index is 2.70. The monoisotopic (exact) mass is 1110 g/mol. The second-order valence-corrected chi connectivity index (χ2v) is 20.9. The predicted molar refractivity (Wildman–Crippen MR) is 321 cm³/mol. The number of carbonyl (C=O) groups is 4. The highest BCUT2D eigenvalue weighted by molar-refractivity contribution is 5.74. The molecule has 1 aliphatic heterocycles. The third-order valence-corrected chi connectivity index (χ3v) is 13.6. The van der Waals surface area contributed by atoms with Crippen molar-refractivity contribution < 1.29 is 58.2 Å². The molecule has 1 fully saturated rings. The Morgan fingerprint density at radius 2 is 0.823 bits per heavy atom. The summed E-state index contributed by atoms with van der Waals surface area (Å²) in [6, 6.07) is 0. The van der Waals surface area contributed by atoms with Gasteiger partial charge in [-0.25, -0.2) is 4.79 Å². The first kappa shape index (κ1) is 72.7. The summed E-state index contributed by atoms with van der Waals surface area (Å²) < 4.78 is 28.4. The lowest BCUT2D eigenvalue weighted by atomic mass is 9.98. The van der Waals surface area contributed by atoms with Crippen LogP contribution in [0.4, 0.5) is 0 Å². The maximum atomic E-state index is 13.2. The van der Waals surface area contributed by atoms with Crippen LogP contribution in [0, 0.1) is 0 Å². The van der Waals surface area contributed by atoms with Gasteiger partial charge in [0.25, 0.3) is 0 Å². The van der Waals surface area contributed by atoms with Crippen LogP contribution in [0.3, 0.4) is 0 Å². The molecule has 0 saturated carbocycles. The van der Waals surface area contributed by atoms with Gasteiger partial charge in [-0.05, 0) is 109 Å². The number of ether oxygens (including phenoxy) is 5. The van der Waals surface area contributed by atoms with Gasteiger partial charge in [0.2, 0.25) is 0 Å². The quantitative estimate of drug-likeness (QED) is 0.0228.